The molecule has 2 saturated carbocycles. The highest BCUT2D eigenvalue weighted by Crippen LogP contribution is 2.54. The molecule has 66 heavy (non-hydrogen) atoms. The summed E-state index contributed by atoms with van der Waals surface area (Å²) in [6.45, 7) is 7.39. The van der Waals surface area contributed by atoms with Crippen LogP contribution in [-0.4, -0.2) is 83.7 Å². The van der Waals surface area contributed by atoms with Crippen LogP contribution in [-0.2, 0) is 10.0 Å². The molecule has 2 aliphatic carbocycles. The zero-order chi connectivity index (χ0) is 45.9. The molecule has 4 fully saturated rings. The summed E-state index contributed by atoms with van der Waals surface area (Å²) in [6, 6.07) is 18.1. The third kappa shape index (κ3) is 8.45. The summed E-state index contributed by atoms with van der Waals surface area (Å²) in [5.74, 6) is -0.860. The van der Waals surface area contributed by atoms with E-state index in [4.69, 9.17) is 9.47 Å². The molecule has 10 rings (SSSR count). The van der Waals surface area contributed by atoms with Crippen molar-refractivity contribution in [1.29, 1.82) is 0 Å². The third-order valence-corrected chi connectivity index (χ3v) is 16.3. The standard InChI is InChI=1S/C49H56FN7O8S/c1-29(2)36-6-3-4-7-37(36)42-8-5-17-56(42)32-24-49(25-32)15-18-55(19-16-49)31-11-14-38(44(20-31)65-34-21-39-40(50)27-52-47(39)51-26-34)48(59)54-66(62,63)35-22-43(57(60)61)46-45(23-35)64-28-41(53-46)30-9-12-33(58)13-10-30/h3-4,6-7,11,14,20-23,26-27,29-30,32-33,41-42,53,58H,5,8-10,12-13,15-19,24-25,28H2,1-2H3,(H,51,52)(H,54,59)/t30?,33?,41-,42+/m0/s1. The van der Waals surface area contributed by atoms with E-state index in [-0.39, 0.29) is 64.0 Å². The number of likely N-dealkylation sites (tertiary alicyclic amines) is 1. The molecule has 2 atom stereocenters. The van der Waals surface area contributed by atoms with Gasteiger partial charge in [0.25, 0.3) is 21.6 Å². The quantitative estimate of drug-likeness (QED) is 0.0728. The van der Waals surface area contributed by atoms with Crippen molar-refractivity contribution in [2.24, 2.45) is 11.3 Å². The summed E-state index contributed by atoms with van der Waals surface area (Å²) >= 11 is 0. The van der Waals surface area contributed by atoms with Gasteiger partial charge in [0.05, 0.1) is 39.1 Å². The monoisotopic (exact) mass is 921 g/mol. The average molecular weight is 922 g/mol. The topological polar surface area (TPSA) is 192 Å². The van der Waals surface area contributed by atoms with Gasteiger partial charge >= 0.3 is 0 Å². The van der Waals surface area contributed by atoms with Gasteiger partial charge in [0, 0.05) is 55.3 Å². The van der Waals surface area contributed by atoms with Crippen LogP contribution in [0.3, 0.4) is 0 Å². The molecule has 2 aromatic heterocycles. The van der Waals surface area contributed by atoms with Crippen LogP contribution in [0.25, 0.3) is 11.0 Å². The number of nitro groups is 1. The van der Waals surface area contributed by atoms with Crippen molar-refractivity contribution in [2.75, 3.05) is 36.5 Å². The van der Waals surface area contributed by atoms with Gasteiger partial charge in [-0.05, 0) is 117 Å². The first kappa shape index (κ1) is 44.1. The van der Waals surface area contributed by atoms with Crippen molar-refractivity contribution in [3.8, 4) is 17.2 Å². The number of carbonyl (C=O) groups excluding carboxylic acids is 1. The number of aliphatic hydroxyl groups excluding tert-OH is 1. The molecule has 0 bridgehead atoms. The number of amides is 1. The predicted octanol–water partition coefficient (Wildman–Crippen LogP) is 8.95. The number of carbonyl (C=O) groups is 1. The van der Waals surface area contributed by atoms with Crippen LogP contribution in [0.5, 0.6) is 17.2 Å². The number of aromatic nitrogens is 2. The molecule has 1 spiro atoms. The number of piperidine rings is 1. The molecule has 2 saturated heterocycles. The van der Waals surface area contributed by atoms with Crippen molar-refractivity contribution in [3.63, 3.8) is 0 Å². The number of ether oxygens (including phenoxy) is 2. The Labute approximate surface area is 383 Å². The number of rotatable bonds is 11. The number of hydrogen-bond donors (Lipinski definition) is 4. The molecule has 15 nitrogen and oxygen atoms in total. The second-order valence-corrected chi connectivity index (χ2v) is 21.0. The fraction of sp³-hybridized carbons (Fsp3) is 0.469. The lowest BCUT2D eigenvalue weighted by atomic mass is 9.59. The van der Waals surface area contributed by atoms with E-state index in [0.29, 0.717) is 36.5 Å². The smallest absolute Gasteiger partial charge is 0.297 e. The first-order valence-electron chi connectivity index (χ1n) is 23.3. The lowest BCUT2D eigenvalue weighted by molar-refractivity contribution is -0.384. The summed E-state index contributed by atoms with van der Waals surface area (Å²) in [7, 11) is -4.71. The molecule has 17 heteroatoms. The van der Waals surface area contributed by atoms with Crippen LogP contribution in [0.4, 0.5) is 21.5 Å². The first-order valence-corrected chi connectivity index (χ1v) is 24.7. The van der Waals surface area contributed by atoms with Crippen LogP contribution in [0.2, 0.25) is 0 Å². The Morgan fingerprint density at radius 3 is 2.58 bits per heavy atom. The molecule has 348 valence electrons. The normalized spacial score (nSPS) is 23.3. The Morgan fingerprint density at radius 2 is 1.82 bits per heavy atom. The van der Waals surface area contributed by atoms with Crippen LogP contribution >= 0.6 is 0 Å². The van der Waals surface area contributed by atoms with E-state index in [0.717, 1.165) is 69.9 Å². The number of aliphatic hydroxyl groups is 1. The Morgan fingerprint density at radius 1 is 1.05 bits per heavy atom. The van der Waals surface area contributed by atoms with E-state index in [1.165, 1.54) is 54.6 Å². The Bertz CT molecular complexity index is 2780. The zero-order valence-electron chi connectivity index (χ0n) is 37.2. The molecule has 5 aliphatic rings. The molecule has 1 amide bonds. The molecule has 5 heterocycles. The minimum atomic E-state index is -4.71. The second kappa shape index (κ2) is 17.5. The van der Waals surface area contributed by atoms with Crippen molar-refractivity contribution < 1.29 is 37.1 Å². The van der Waals surface area contributed by atoms with Crippen molar-refractivity contribution in [1.82, 2.24) is 19.6 Å². The van der Waals surface area contributed by atoms with Crippen LogP contribution in [0.15, 0.2) is 78.0 Å². The van der Waals surface area contributed by atoms with E-state index in [1.54, 1.807) is 12.1 Å². The number of benzene rings is 3. The Balaban J connectivity index is 0.865. The number of pyridine rings is 1. The van der Waals surface area contributed by atoms with E-state index in [1.807, 2.05) is 0 Å². The number of sulfonamides is 1. The van der Waals surface area contributed by atoms with Gasteiger partial charge in [-0.15, -0.1) is 0 Å². The zero-order valence-corrected chi connectivity index (χ0v) is 38.0. The molecular weight excluding hydrogens is 866 g/mol. The number of H-pyrrole nitrogens is 1. The largest absolute Gasteiger partial charge is 0.489 e. The fourth-order valence-electron chi connectivity index (χ4n) is 11.4. The minimum Gasteiger partial charge on any atom is -0.489 e. The average Bonchev–Trinajstić information content (AvgIpc) is 3.94. The molecule has 0 unspecified atom stereocenters. The fourth-order valence-corrected chi connectivity index (χ4v) is 12.4. The van der Waals surface area contributed by atoms with Crippen LogP contribution < -0.4 is 24.4 Å². The van der Waals surface area contributed by atoms with E-state index in [2.05, 4.69) is 67.9 Å². The van der Waals surface area contributed by atoms with E-state index in [9.17, 15) is 32.8 Å². The number of nitrogens with one attached hydrogen (secondary N) is 3. The van der Waals surface area contributed by atoms with Gasteiger partial charge in [-0.2, -0.15) is 0 Å². The van der Waals surface area contributed by atoms with Crippen LogP contribution in [0, 0.1) is 27.3 Å². The van der Waals surface area contributed by atoms with Gasteiger partial charge in [-0.1, -0.05) is 38.1 Å². The Hall–Kier alpha value is -5.78. The molecule has 3 aromatic carbocycles. The summed E-state index contributed by atoms with van der Waals surface area (Å²) in [6.07, 6.45) is 11.6. The lowest BCUT2D eigenvalue weighted by Crippen LogP contribution is -2.54. The van der Waals surface area contributed by atoms with Gasteiger partial charge in [0.1, 0.15) is 29.6 Å². The highest BCUT2D eigenvalue weighted by atomic mass is 32.2. The molecule has 3 aliphatic heterocycles. The van der Waals surface area contributed by atoms with E-state index >= 15 is 0 Å². The molecular formula is C49H56FN7O8S. The SMILES string of the molecule is CC(C)c1ccccc1[C@H]1CCCN1C1CC2(CCN(c3ccc(C(=O)NS(=O)(=O)c4cc5c(c([N+](=O)[O-])c4)N[C@H](C4CCC(O)CC4)CO5)c(Oc4cnc5[nH]cc(F)c5c4)c3)CC2)C1. The van der Waals surface area contributed by atoms with Gasteiger partial charge < -0.3 is 29.8 Å². The van der Waals surface area contributed by atoms with Crippen molar-refractivity contribution in [3.05, 3.63) is 106 Å². The Kier molecular flexibility index (Phi) is 11.7. The summed E-state index contributed by atoms with van der Waals surface area (Å²) in [5, 5.41) is 25.7. The summed E-state index contributed by atoms with van der Waals surface area (Å²) in [5.41, 5.74) is 3.69. The first-order chi connectivity index (χ1) is 31.7. The second-order valence-electron chi connectivity index (χ2n) is 19.4. The van der Waals surface area contributed by atoms with Crippen molar-refractivity contribution >= 4 is 44.0 Å². The number of nitrogens with zero attached hydrogens (tertiary/aromatic N) is 4. The maximum atomic E-state index is 14.6. The van der Waals surface area contributed by atoms with Gasteiger partial charge in [0.15, 0.2) is 11.4 Å². The molecule has 4 N–H and O–H groups in total. The number of aromatic amines is 1. The third-order valence-electron chi connectivity index (χ3n) is 15.0. The highest BCUT2D eigenvalue weighted by molar-refractivity contribution is 7.90. The van der Waals surface area contributed by atoms with Crippen LogP contribution in [0.1, 0.15) is 112 Å². The van der Waals surface area contributed by atoms with Gasteiger partial charge in [-0.25, -0.2) is 22.5 Å². The maximum Gasteiger partial charge on any atom is 0.297 e. The summed E-state index contributed by atoms with van der Waals surface area (Å²) in [4.78, 5) is 37.2. The number of nitro benzene ring substituents is 1. The van der Waals surface area contributed by atoms with Crippen molar-refractivity contribution in [2.45, 2.75) is 113 Å². The van der Waals surface area contributed by atoms with E-state index < -0.39 is 37.3 Å². The maximum absolute atomic E-state index is 14.6. The lowest BCUT2D eigenvalue weighted by Gasteiger charge is -2.56. The number of hydrogen-bond acceptors (Lipinski definition) is 12. The number of halogens is 1. The number of fused-ring (bicyclic) bond motifs is 2. The molecule has 5 aromatic rings. The molecule has 0 radical (unpaired) electrons. The van der Waals surface area contributed by atoms with Gasteiger partial charge in [-0.3, -0.25) is 19.8 Å². The van der Waals surface area contributed by atoms with Gasteiger partial charge in [0.2, 0.25) is 0 Å². The minimum absolute atomic E-state index is 0.0215. The number of anilines is 2. The summed E-state index contributed by atoms with van der Waals surface area (Å²) < 4.78 is 56.8. The predicted molar refractivity (Wildman–Crippen MR) is 247 cm³/mol. The highest BCUT2D eigenvalue weighted by Gasteiger charge is 2.50.